The first-order valence-electron chi connectivity index (χ1n) is 12.6. The molecule has 0 bridgehead atoms. The lowest BCUT2D eigenvalue weighted by molar-refractivity contribution is -0.145. The van der Waals surface area contributed by atoms with Crippen LogP contribution in [0.2, 0.25) is 0 Å². The number of anilines is 2. The number of methoxy groups -OCH3 is 3. The predicted octanol–water partition coefficient (Wildman–Crippen LogP) is 1.19. The quantitative estimate of drug-likeness (QED) is 0.502. The van der Waals surface area contributed by atoms with Crippen LogP contribution in [0.25, 0.3) is 0 Å². The van der Waals surface area contributed by atoms with Gasteiger partial charge in [0, 0.05) is 45.3 Å². The molecule has 2 heterocycles. The summed E-state index contributed by atoms with van der Waals surface area (Å²) in [7, 11) is 4.69. The molecule has 3 amide bonds. The second-order valence-corrected chi connectivity index (χ2v) is 9.15. The van der Waals surface area contributed by atoms with Crippen molar-refractivity contribution >= 4 is 29.1 Å². The van der Waals surface area contributed by atoms with Crippen LogP contribution in [0.3, 0.4) is 0 Å². The Kier molecular flexibility index (Phi) is 8.90. The van der Waals surface area contributed by atoms with E-state index in [0.717, 1.165) is 24.5 Å². The lowest BCUT2D eigenvalue weighted by atomic mass is 10.1. The largest absolute Gasteiger partial charge is 0.497 e. The van der Waals surface area contributed by atoms with Crippen LogP contribution in [0.5, 0.6) is 17.2 Å². The van der Waals surface area contributed by atoms with E-state index < -0.39 is 11.9 Å². The summed E-state index contributed by atoms with van der Waals surface area (Å²) in [6.45, 7) is 3.80. The molecule has 0 spiro atoms. The molecule has 0 radical (unpaired) electrons. The second-order valence-electron chi connectivity index (χ2n) is 9.15. The van der Waals surface area contributed by atoms with E-state index in [1.54, 1.807) is 25.3 Å². The highest BCUT2D eigenvalue weighted by atomic mass is 16.5. The van der Waals surface area contributed by atoms with Gasteiger partial charge in [-0.2, -0.15) is 0 Å². The Labute approximate surface area is 222 Å². The molecule has 11 heteroatoms. The van der Waals surface area contributed by atoms with Gasteiger partial charge in [-0.3, -0.25) is 19.3 Å². The third-order valence-corrected chi connectivity index (χ3v) is 6.87. The van der Waals surface area contributed by atoms with Crippen LogP contribution >= 0.6 is 0 Å². The molecule has 2 N–H and O–H groups in total. The molecule has 1 atom stereocenters. The maximum absolute atomic E-state index is 13.3. The number of carbonyl (C=O) groups excluding carboxylic acids is 3. The van der Waals surface area contributed by atoms with Crippen LogP contribution in [0.15, 0.2) is 42.5 Å². The first-order chi connectivity index (χ1) is 18.4. The zero-order valence-electron chi connectivity index (χ0n) is 22.1. The van der Waals surface area contributed by atoms with E-state index >= 15 is 0 Å². The number of carbonyl (C=O) groups is 3. The minimum Gasteiger partial charge on any atom is -0.497 e. The van der Waals surface area contributed by atoms with Gasteiger partial charge >= 0.3 is 0 Å². The van der Waals surface area contributed by atoms with Crippen LogP contribution in [0.4, 0.5) is 11.4 Å². The summed E-state index contributed by atoms with van der Waals surface area (Å²) in [6, 6.07) is 12.1. The molecule has 0 aromatic heterocycles. The Morgan fingerprint density at radius 3 is 2.39 bits per heavy atom. The molecule has 2 saturated heterocycles. The minimum atomic E-state index is -0.886. The van der Waals surface area contributed by atoms with Gasteiger partial charge in [0.15, 0.2) is 0 Å². The van der Waals surface area contributed by atoms with Gasteiger partial charge in [-0.15, -0.1) is 0 Å². The molecule has 4 rings (SSSR count). The van der Waals surface area contributed by atoms with Crippen molar-refractivity contribution in [1.82, 2.24) is 15.1 Å². The van der Waals surface area contributed by atoms with Crippen molar-refractivity contribution in [3.8, 4) is 17.2 Å². The molecule has 0 aliphatic carbocycles. The zero-order valence-corrected chi connectivity index (χ0v) is 22.1. The van der Waals surface area contributed by atoms with Gasteiger partial charge in [-0.25, -0.2) is 0 Å². The predicted molar refractivity (Wildman–Crippen MR) is 143 cm³/mol. The number of amides is 3. The van der Waals surface area contributed by atoms with Gasteiger partial charge in [0.1, 0.15) is 23.3 Å². The average molecular weight is 526 g/mol. The van der Waals surface area contributed by atoms with Crippen LogP contribution in [0.1, 0.15) is 6.42 Å². The first-order valence-corrected chi connectivity index (χ1v) is 12.6. The average Bonchev–Trinajstić information content (AvgIpc) is 2.94. The lowest BCUT2D eigenvalue weighted by Gasteiger charge is -2.39. The summed E-state index contributed by atoms with van der Waals surface area (Å²) in [5.74, 6) is 0.943. The molecule has 204 valence electrons. The third kappa shape index (κ3) is 6.28. The summed E-state index contributed by atoms with van der Waals surface area (Å²) < 4.78 is 16.0. The number of hydrogen-bond acceptors (Lipinski definition) is 8. The number of benzene rings is 2. The van der Waals surface area contributed by atoms with Crippen LogP contribution in [-0.4, -0.2) is 101 Å². The van der Waals surface area contributed by atoms with E-state index in [-0.39, 0.29) is 24.8 Å². The molecule has 38 heavy (non-hydrogen) atoms. The zero-order chi connectivity index (χ0) is 27.1. The fourth-order valence-electron chi connectivity index (χ4n) is 4.82. The van der Waals surface area contributed by atoms with Crippen LogP contribution in [0, 0.1) is 0 Å². The van der Waals surface area contributed by atoms with Gasteiger partial charge in [0.05, 0.1) is 45.7 Å². The van der Waals surface area contributed by atoms with Crippen molar-refractivity contribution in [2.45, 2.75) is 12.5 Å². The van der Waals surface area contributed by atoms with E-state index in [9.17, 15) is 14.4 Å². The molecule has 2 aromatic carbocycles. The molecule has 2 aromatic rings. The molecular formula is C27H35N5O6. The Morgan fingerprint density at radius 1 is 0.947 bits per heavy atom. The molecule has 2 aliphatic heterocycles. The maximum Gasteiger partial charge on any atom is 0.243 e. The van der Waals surface area contributed by atoms with E-state index in [1.807, 2.05) is 24.3 Å². The molecule has 2 fully saturated rings. The van der Waals surface area contributed by atoms with Crippen molar-refractivity contribution in [2.24, 2.45) is 0 Å². The summed E-state index contributed by atoms with van der Waals surface area (Å²) >= 11 is 0. The molecule has 2 aliphatic rings. The van der Waals surface area contributed by atoms with Crippen LogP contribution < -0.4 is 29.7 Å². The van der Waals surface area contributed by atoms with E-state index in [1.165, 1.54) is 19.1 Å². The monoisotopic (exact) mass is 525 g/mol. The molecule has 11 nitrogen and oxygen atoms in total. The number of nitrogens with zero attached hydrogens (tertiary/aromatic N) is 3. The highest BCUT2D eigenvalue weighted by molar-refractivity contribution is 5.98. The van der Waals surface area contributed by atoms with E-state index in [2.05, 4.69) is 20.4 Å². The fourth-order valence-corrected chi connectivity index (χ4v) is 4.82. The SMILES string of the molecule is COc1ccc(OC)c(NC(=O)CC2C(=O)NCCN2C(=O)CN2CCN(c3ccccc3OC)CC2)c1. The van der Waals surface area contributed by atoms with Crippen molar-refractivity contribution in [3.63, 3.8) is 0 Å². The number of ether oxygens (including phenoxy) is 3. The van der Waals surface area contributed by atoms with Gasteiger partial charge in [-0.05, 0) is 24.3 Å². The molecular weight excluding hydrogens is 490 g/mol. The van der Waals surface area contributed by atoms with Gasteiger partial charge in [0.2, 0.25) is 17.7 Å². The number of nitrogens with one attached hydrogen (secondary N) is 2. The normalized spacial score (nSPS) is 18.0. The summed E-state index contributed by atoms with van der Waals surface area (Å²) in [6.07, 6.45) is -0.167. The second kappa shape index (κ2) is 12.5. The highest BCUT2D eigenvalue weighted by Gasteiger charge is 2.35. The fraction of sp³-hybridized carbons (Fsp3) is 0.444. The van der Waals surface area contributed by atoms with E-state index in [0.29, 0.717) is 43.4 Å². The van der Waals surface area contributed by atoms with Crippen molar-refractivity contribution in [3.05, 3.63) is 42.5 Å². The van der Waals surface area contributed by atoms with Gasteiger partial charge < -0.3 is 34.6 Å². The third-order valence-electron chi connectivity index (χ3n) is 6.87. The Bertz CT molecular complexity index is 1150. The Morgan fingerprint density at radius 2 is 1.68 bits per heavy atom. The lowest BCUT2D eigenvalue weighted by Crippen LogP contribution is -2.60. The van der Waals surface area contributed by atoms with Crippen molar-refractivity contribution in [1.29, 1.82) is 0 Å². The molecule has 0 saturated carbocycles. The maximum atomic E-state index is 13.3. The van der Waals surface area contributed by atoms with Gasteiger partial charge in [-0.1, -0.05) is 12.1 Å². The van der Waals surface area contributed by atoms with Crippen molar-refractivity contribution in [2.75, 3.05) is 77.4 Å². The summed E-state index contributed by atoms with van der Waals surface area (Å²) in [5, 5.41) is 5.56. The first kappa shape index (κ1) is 27.1. The Balaban J connectivity index is 1.36. The number of para-hydroxylation sites is 2. The molecule has 1 unspecified atom stereocenters. The number of rotatable bonds is 9. The summed E-state index contributed by atoms with van der Waals surface area (Å²) in [4.78, 5) is 44.8. The van der Waals surface area contributed by atoms with E-state index in [4.69, 9.17) is 14.2 Å². The highest BCUT2D eigenvalue weighted by Crippen LogP contribution is 2.30. The topological polar surface area (TPSA) is 113 Å². The smallest absolute Gasteiger partial charge is 0.243 e. The standard InChI is InChI=1S/C27H35N5O6/c1-36-19-8-9-23(37-2)20(16-19)29-25(33)17-22-27(35)28-10-11-32(22)26(34)18-30-12-14-31(15-13-30)21-6-4-5-7-24(21)38-3/h4-9,16,22H,10-15,17-18H2,1-3H3,(H,28,35)(H,29,33). The van der Waals surface area contributed by atoms with Crippen molar-refractivity contribution < 1.29 is 28.6 Å². The van der Waals surface area contributed by atoms with Gasteiger partial charge in [0.25, 0.3) is 0 Å². The minimum absolute atomic E-state index is 0.164. The summed E-state index contributed by atoms with van der Waals surface area (Å²) in [5.41, 5.74) is 1.46. The Hall–Kier alpha value is -3.99. The number of piperazine rings is 2. The number of hydrogen-bond donors (Lipinski definition) is 2. The van der Waals surface area contributed by atoms with Crippen LogP contribution in [-0.2, 0) is 14.4 Å².